The number of hydrogen-bond acceptors (Lipinski definition) is 6. The van der Waals surface area contributed by atoms with Gasteiger partial charge in [0.25, 0.3) is 11.6 Å². The van der Waals surface area contributed by atoms with Gasteiger partial charge in [0.2, 0.25) is 0 Å². The monoisotopic (exact) mass is 366 g/mol. The molecule has 7 heteroatoms. The van der Waals surface area contributed by atoms with Gasteiger partial charge in [-0.1, -0.05) is 48.8 Å². The maximum absolute atomic E-state index is 11.6. The van der Waals surface area contributed by atoms with Crippen molar-refractivity contribution in [2.45, 2.75) is 39.7 Å². The molecule has 0 aliphatic heterocycles. The molecule has 0 saturated heterocycles. The lowest BCUT2D eigenvalue weighted by Crippen LogP contribution is -2.08. The van der Waals surface area contributed by atoms with Gasteiger partial charge in [0, 0.05) is 23.6 Å². The zero-order valence-electron chi connectivity index (χ0n) is 15.8. The van der Waals surface area contributed by atoms with Crippen molar-refractivity contribution in [1.29, 1.82) is 0 Å². The lowest BCUT2D eigenvalue weighted by atomic mass is 10.1. The lowest BCUT2D eigenvalue weighted by molar-refractivity contribution is -0.383. The number of benzene rings is 2. The Morgan fingerprint density at radius 3 is 2.41 bits per heavy atom. The summed E-state index contributed by atoms with van der Waals surface area (Å²) in [6.07, 6.45) is 0. The fraction of sp³-hybridized carbons (Fsp3) is 0.300. The number of hydrogen-bond donors (Lipinski definition) is 1. The van der Waals surface area contributed by atoms with Crippen molar-refractivity contribution >= 4 is 11.4 Å². The highest BCUT2D eigenvalue weighted by molar-refractivity contribution is 5.70. The first-order valence-corrected chi connectivity index (χ1v) is 8.80. The summed E-state index contributed by atoms with van der Waals surface area (Å²) < 4.78 is 5.24. The maximum atomic E-state index is 11.6. The van der Waals surface area contributed by atoms with Crippen LogP contribution in [-0.4, -0.2) is 15.1 Å². The summed E-state index contributed by atoms with van der Waals surface area (Å²) in [7, 11) is 0. The van der Waals surface area contributed by atoms with Gasteiger partial charge in [-0.25, -0.2) is 0 Å². The molecule has 0 saturated carbocycles. The SMILES string of the molecule is Cc1ccc(C(C)Nc2ccc(-c3nc(C(C)C)no3)cc2[N+](=O)[O-])cc1. The minimum Gasteiger partial charge on any atom is -0.373 e. The molecule has 0 amide bonds. The zero-order valence-corrected chi connectivity index (χ0v) is 15.8. The van der Waals surface area contributed by atoms with Gasteiger partial charge in [0.1, 0.15) is 5.69 Å². The van der Waals surface area contributed by atoms with Crippen LogP contribution in [0, 0.1) is 17.0 Å². The van der Waals surface area contributed by atoms with E-state index in [4.69, 9.17) is 4.52 Å². The molecule has 1 heterocycles. The molecule has 0 bridgehead atoms. The molecule has 3 aromatic rings. The van der Waals surface area contributed by atoms with Crippen LogP contribution in [0.2, 0.25) is 0 Å². The minimum absolute atomic E-state index is 0.0317. The molecule has 140 valence electrons. The largest absolute Gasteiger partial charge is 0.373 e. The Morgan fingerprint density at radius 2 is 1.81 bits per heavy atom. The third kappa shape index (κ3) is 4.13. The zero-order chi connectivity index (χ0) is 19.6. The van der Waals surface area contributed by atoms with E-state index in [9.17, 15) is 10.1 Å². The normalized spacial score (nSPS) is 12.2. The van der Waals surface area contributed by atoms with E-state index >= 15 is 0 Å². The molecule has 0 spiro atoms. The molecule has 27 heavy (non-hydrogen) atoms. The number of nitrogens with one attached hydrogen (secondary N) is 1. The van der Waals surface area contributed by atoms with Gasteiger partial charge < -0.3 is 9.84 Å². The van der Waals surface area contributed by atoms with Crippen molar-refractivity contribution in [1.82, 2.24) is 10.1 Å². The molecule has 7 nitrogen and oxygen atoms in total. The first kappa shape index (κ1) is 18.6. The molecule has 0 aliphatic carbocycles. The maximum Gasteiger partial charge on any atom is 0.293 e. The van der Waals surface area contributed by atoms with Crippen LogP contribution in [0.15, 0.2) is 47.0 Å². The van der Waals surface area contributed by atoms with Crippen LogP contribution in [0.4, 0.5) is 11.4 Å². The average molecular weight is 366 g/mol. The van der Waals surface area contributed by atoms with E-state index in [0.29, 0.717) is 17.1 Å². The summed E-state index contributed by atoms with van der Waals surface area (Å²) in [6, 6.07) is 12.9. The average Bonchev–Trinajstić information content (AvgIpc) is 3.13. The Kier molecular flexibility index (Phi) is 5.21. The Labute approximate surface area is 157 Å². The number of rotatable bonds is 6. The van der Waals surface area contributed by atoms with E-state index in [1.165, 1.54) is 11.6 Å². The number of anilines is 1. The van der Waals surface area contributed by atoms with Crippen molar-refractivity contribution in [3.8, 4) is 11.5 Å². The van der Waals surface area contributed by atoms with Crippen LogP contribution in [0.25, 0.3) is 11.5 Å². The molecule has 1 atom stereocenters. The molecule has 3 rings (SSSR count). The van der Waals surface area contributed by atoms with Crippen molar-refractivity contribution in [3.63, 3.8) is 0 Å². The number of nitro benzene ring substituents is 1. The van der Waals surface area contributed by atoms with E-state index < -0.39 is 4.92 Å². The van der Waals surface area contributed by atoms with E-state index in [-0.39, 0.29) is 23.5 Å². The van der Waals surface area contributed by atoms with E-state index in [2.05, 4.69) is 15.5 Å². The van der Waals surface area contributed by atoms with Crippen LogP contribution in [0.3, 0.4) is 0 Å². The number of aromatic nitrogens is 2. The van der Waals surface area contributed by atoms with Crippen LogP contribution in [-0.2, 0) is 0 Å². The van der Waals surface area contributed by atoms with Crippen LogP contribution in [0.1, 0.15) is 49.7 Å². The van der Waals surface area contributed by atoms with Crippen molar-refractivity contribution in [3.05, 3.63) is 69.5 Å². The molecule has 0 radical (unpaired) electrons. The van der Waals surface area contributed by atoms with E-state index in [1.54, 1.807) is 12.1 Å². The standard InChI is InChI=1S/C20H22N4O3/c1-12(2)19-22-20(27-23-19)16-9-10-17(18(11-16)24(25)26)21-14(4)15-7-5-13(3)6-8-15/h5-12,14,21H,1-4H3. The van der Waals surface area contributed by atoms with Gasteiger partial charge in [-0.15, -0.1) is 0 Å². The molecule has 0 aliphatic rings. The highest BCUT2D eigenvalue weighted by Gasteiger charge is 2.20. The summed E-state index contributed by atoms with van der Waals surface area (Å²) >= 11 is 0. The van der Waals surface area contributed by atoms with Crippen molar-refractivity contribution in [2.24, 2.45) is 0 Å². The minimum atomic E-state index is -0.409. The Bertz CT molecular complexity index is 948. The Morgan fingerprint density at radius 1 is 1.11 bits per heavy atom. The lowest BCUT2D eigenvalue weighted by Gasteiger charge is -2.16. The molecule has 0 fully saturated rings. The number of nitrogens with zero attached hydrogens (tertiary/aromatic N) is 3. The Balaban J connectivity index is 1.89. The predicted octanol–water partition coefficient (Wildman–Crippen LogP) is 5.25. The fourth-order valence-electron chi connectivity index (χ4n) is 2.70. The van der Waals surface area contributed by atoms with Gasteiger partial charge in [0.15, 0.2) is 5.82 Å². The summed E-state index contributed by atoms with van der Waals surface area (Å²) in [4.78, 5) is 15.5. The molecule has 1 N–H and O–H groups in total. The summed E-state index contributed by atoms with van der Waals surface area (Å²) in [5.74, 6) is 0.969. The smallest absolute Gasteiger partial charge is 0.293 e. The van der Waals surface area contributed by atoms with Crippen LogP contribution in [0.5, 0.6) is 0 Å². The second kappa shape index (κ2) is 7.57. The third-order valence-corrected chi connectivity index (χ3v) is 4.35. The van der Waals surface area contributed by atoms with E-state index in [1.807, 2.05) is 52.0 Å². The topological polar surface area (TPSA) is 94.1 Å². The predicted molar refractivity (Wildman–Crippen MR) is 104 cm³/mol. The molecular weight excluding hydrogens is 344 g/mol. The Hall–Kier alpha value is -3.22. The molecular formula is C20H22N4O3. The molecule has 1 unspecified atom stereocenters. The van der Waals surface area contributed by atoms with Crippen LogP contribution >= 0.6 is 0 Å². The second-order valence-electron chi connectivity index (χ2n) is 6.88. The summed E-state index contributed by atoms with van der Waals surface area (Å²) in [6.45, 7) is 7.90. The number of nitro groups is 1. The van der Waals surface area contributed by atoms with E-state index in [0.717, 1.165) is 5.56 Å². The van der Waals surface area contributed by atoms with Gasteiger partial charge in [-0.05, 0) is 31.5 Å². The van der Waals surface area contributed by atoms with Gasteiger partial charge in [-0.2, -0.15) is 4.98 Å². The summed E-state index contributed by atoms with van der Waals surface area (Å²) in [5, 5.41) is 18.7. The highest BCUT2D eigenvalue weighted by atomic mass is 16.6. The highest BCUT2D eigenvalue weighted by Crippen LogP contribution is 2.32. The van der Waals surface area contributed by atoms with Crippen molar-refractivity contribution in [2.75, 3.05) is 5.32 Å². The van der Waals surface area contributed by atoms with Gasteiger partial charge >= 0.3 is 0 Å². The first-order chi connectivity index (χ1) is 12.8. The second-order valence-corrected chi connectivity index (χ2v) is 6.88. The van der Waals surface area contributed by atoms with Gasteiger partial charge in [-0.3, -0.25) is 10.1 Å². The first-order valence-electron chi connectivity index (χ1n) is 8.80. The number of aryl methyl sites for hydroxylation is 1. The molecule has 2 aromatic carbocycles. The molecule has 1 aromatic heterocycles. The van der Waals surface area contributed by atoms with Crippen molar-refractivity contribution < 1.29 is 9.45 Å². The summed E-state index contributed by atoms with van der Waals surface area (Å²) in [5.41, 5.74) is 3.16. The van der Waals surface area contributed by atoms with Gasteiger partial charge in [0.05, 0.1) is 4.92 Å². The third-order valence-electron chi connectivity index (χ3n) is 4.35. The van der Waals surface area contributed by atoms with Crippen LogP contribution < -0.4 is 5.32 Å². The fourth-order valence-corrected chi connectivity index (χ4v) is 2.70. The quantitative estimate of drug-likeness (QED) is 0.473.